The van der Waals surface area contributed by atoms with Crippen molar-refractivity contribution in [2.75, 3.05) is 5.43 Å². The van der Waals surface area contributed by atoms with Crippen molar-refractivity contribution in [1.29, 1.82) is 5.26 Å². The van der Waals surface area contributed by atoms with Crippen LogP contribution in [0.2, 0.25) is 5.02 Å². The normalized spacial score (nSPS) is 10.8. The molecule has 0 unspecified atom stereocenters. The van der Waals surface area contributed by atoms with Gasteiger partial charge in [-0.2, -0.15) is 18.4 Å². The summed E-state index contributed by atoms with van der Waals surface area (Å²) in [7, 11) is 0. The van der Waals surface area contributed by atoms with Gasteiger partial charge in [0.15, 0.2) is 0 Å². The molecule has 0 saturated carbocycles. The second kappa shape index (κ2) is 6.68. The number of nitrogens with zero attached hydrogens (tertiary/aromatic N) is 1. The average molecular weight is 356 g/mol. The summed E-state index contributed by atoms with van der Waals surface area (Å²) in [5.41, 5.74) is 2.38. The molecule has 24 heavy (non-hydrogen) atoms. The fraction of sp³-hybridized carbons (Fsp3) is 0.0667. The molecular weight excluding hydrogens is 347 g/mol. The average Bonchev–Trinajstić information content (AvgIpc) is 2.53. The van der Waals surface area contributed by atoms with Crippen molar-refractivity contribution in [2.45, 2.75) is 6.18 Å². The number of nitrogens with one attached hydrogen (secondary N) is 2. The van der Waals surface area contributed by atoms with Crippen molar-refractivity contribution in [3.05, 3.63) is 58.1 Å². The van der Waals surface area contributed by atoms with E-state index in [1.54, 1.807) is 6.07 Å². The van der Waals surface area contributed by atoms with E-state index in [9.17, 15) is 23.1 Å². The lowest BCUT2D eigenvalue weighted by atomic mass is 10.1. The summed E-state index contributed by atoms with van der Waals surface area (Å²) in [6.07, 6.45) is -4.72. The number of carbonyl (C=O) groups excluding carboxylic acids is 1. The molecule has 0 fully saturated rings. The van der Waals surface area contributed by atoms with Crippen molar-refractivity contribution in [3.8, 4) is 11.8 Å². The van der Waals surface area contributed by atoms with Gasteiger partial charge in [-0.3, -0.25) is 15.6 Å². The Balaban J connectivity index is 2.25. The van der Waals surface area contributed by atoms with Gasteiger partial charge in [0.05, 0.1) is 33.5 Å². The standard InChI is InChI=1S/C15H9ClF3N3O2/c16-12-3-2-9(23)6-10(12)14(24)22-21-13-4-1-8(7-20)5-11(13)15(17,18)19/h1-6,21,23H,(H,22,24). The highest BCUT2D eigenvalue weighted by molar-refractivity contribution is 6.33. The van der Waals surface area contributed by atoms with Crippen LogP contribution in [0.15, 0.2) is 36.4 Å². The van der Waals surface area contributed by atoms with Crippen LogP contribution in [0.3, 0.4) is 0 Å². The van der Waals surface area contributed by atoms with Gasteiger partial charge >= 0.3 is 6.18 Å². The quantitative estimate of drug-likeness (QED) is 0.733. The van der Waals surface area contributed by atoms with Gasteiger partial charge in [-0.25, -0.2) is 0 Å². The van der Waals surface area contributed by atoms with Gasteiger partial charge in [0.2, 0.25) is 0 Å². The van der Waals surface area contributed by atoms with Gasteiger partial charge in [0.1, 0.15) is 5.75 Å². The van der Waals surface area contributed by atoms with E-state index in [-0.39, 0.29) is 21.9 Å². The van der Waals surface area contributed by atoms with E-state index in [0.717, 1.165) is 12.1 Å². The largest absolute Gasteiger partial charge is 0.508 e. The summed E-state index contributed by atoms with van der Waals surface area (Å²) in [6, 6.07) is 8.07. The number of hydrogen-bond donors (Lipinski definition) is 3. The number of amides is 1. The van der Waals surface area contributed by atoms with E-state index >= 15 is 0 Å². The van der Waals surface area contributed by atoms with Crippen LogP contribution in [0.5, 0.6) is 5.75 Å². The summed E-state index contributed by atoms with van der Waals surface area (Å²) in [5.74, 6) is -1.06. The highest BCUT2D eigenvalue weighted by Crippen LogP contribution is 2.35. The van der Waals surface area contributed by atoms with Crippen LogP contribution in [-0.2, 0) is 6.18 Å². The Morgan fingerprint density at radius 1 is 1.21 bits per heavy atom. The van der Waals surface area contributed by atoms with Gasteiger partial charge < -0.3 is 5.11 Å². The van der Waals surface area contributed by atoms with Crippen molar-refractivity contribution in [1.82, 2.24) is 5.43 Å². The number of anilines is 1. The van der Waals surface area contributed by atoms with Crippen LogP contribution in [0.25, 0.3) is 0 Å². The highest BCUT2D eigenvalue weighted by atomic mass is 35.5. The number of carbonyl (C=O) groups is 1. The van der Waals surface area contributed by atoms with E-state index in [1.807, 2.05) is 0 Å². The number of alkyl halides is 3. The molecule has 0 bridgehead atoms. The molecule has 0 aromatic heterocycles. The molecular formula is C15H9ClF3N3O2. The van der Waals surface area contributed by atoms with Gasteiger partial charge in [0, 0.05) is 0 Å². The van der Waals surface area contributed by atoms with Gasteiger partial charge in [-0.15, -0.1) is 0 Å². The molecule has 0 aliphatic carbocycles. The van der Waals surface area contributed by atoms with Crippen LogP contribution in [0.4, 0.5) is 18.9 Å². The second-order valence-corrected chi connectivity index (χ2v) is 5.02. The lowest BCUT2D eigenvalue weighted by Gasteiger charge is -2.15. The molecule has 9 heteroatoms. The van der Waals surface area contributed by atoms with Gasteiger partial charge in [-0.1, -0.05) is 11.6 Å². The molecule has 0 atom stereocenters. The zero-order valence-corrected chi connectivity index (χ0v) is 12.5. The topological polar surface area (TPSA) is 85.2 Å². The van der Waals surface area contributed by atoms with Crippen molar-refractivity contribution < 1.29 is 23.1 Å². The summed E-state index contributed by atoms with van der Waals surface area (Å²) >= 11 is 5.80. The number of benzene rings is 2. The lowest BCUT2D eigenvalue weighted by Crippen LogP contribution is -2.30. The first-order valence-electron chi connectivity index (χ1n) is 6.38. The molecule has 1 amide bonds. The fourth-order valence-electron chi connectivity index (χ4n) is 1.84. The third kappa shape index (κ3) is 3.88. The Morgan fingerprint density at radius 3 is 2.54 bits per heavy atom. The van der Waals surface area contributed by atoms with Crippen LogP contribution in [0, 0.1) is 11.3 Å². The Morgan fingerprint density at radius 2 is 1.92 bits per heavy atom. The first kappa shape index (κ1) is 17.4. The number of phenols is 1. The Bertz CT molecular complexity index is 832. The molecule has 0 saturated heterocycles. The first-order chi connectivity index (χ1) is 11.2. The highest BCUT2D eigenvalue weighted by Gasteiger charge is 2.34. The molecule has 0 aliphatic rings. The van der Waals surface area contributed by atoms with Gasteiger partial charge in [0.25, 0.3) is 5.91 Å². The molecule has 0 heterocycles. The van der Waals surface area contributed by atoms with E-state index < -0.39 is 23.3 Å². The smallest absolute Gasteiger partial charge is 0.418 e. The van der Waals surface area contributed by atoms with Crippen LogP contribution >= 0.6 is 11.6 Å². The van der Waals surface area contributed by atoms with E-state index in [2.05, 4.69) is 10.9 Å². The molecule has 2 aromatic carbocycles. The number of nitriles is 1. The number of phenolic OH excluding ortho intramolecular Hbond substituents is 1. The number of rotatable bonds is 3. The summed E-state index contributed by atoms with van der Waals surface area (Å²) in [6.45, 7) is 0. The minimum atomic E-state index is -4.72. The minimum Gasteiger partial charge on any atom is -0.508 e. The molecule has 2 aromatic rings. The van der Waals surface area contributed by atoms with E-state index in [1.165, 1.54) is 18.2 Å². The van der Waals surface area contributed by atoms with Crippen molar-refractivity contribution in [3.63, 3.8) is 0 Å². The number of halogens is 4. The first-order valence-corrected chi connectivity index (χ1v) is 6.76. The summed E-state index contributed by atoms with van der Waals surface area (Å²) < 4.78 is 39.0. The van der Waals surface area contributed by atoms with Crippen LogP contribution < -0.4 is 10.9 Å². The minimum absolute atomic E-state index is 0.0166. The van der Waals surface area contributed by atoms with E-state index in [0.29, 0.717) is 6.07 Å². The molecule has 5 nitrogen and oxygen atoms in total. The predicted molar refractivity (Wildman–Crippen MR) is 80.4 cm³/mol. The summed E-state index contributed by atoms with van der Waals surface area (Å²) in [5, 5.41) is 18.1. The zero-order chi connectivity index (χ0) is 17.9. The Labute approximate surface area is 139 Å². The monoisotopic (exact) mass is 355 g/mol. The number of hydrogen-bond acceptors (Lipinski definition) is 4. The maximum Gasteiger partial charge on any atom is 0.418 e. The molecule has 0 spiro atoms. The van der Waals surface area contributed by atoms with Crippen LogP contribution in [0.1, 0.15) is 21.5 Å². The molecule has 0 aliphatic heterocycles. The number of aromatic hydroxyl groups is 1. The second-order valence-electron chi connectivity index (χ2n) is 4.61. The fourth-order valence-corrected chi connectivity index (χ4v) is 2.04. The molecule has 3 N–H and O–H groups in total. The number of hydrazine groups is 1. The van der Waals surface area contributed by atoms with Crippen molar-refractivity contribution in [2.24, 2.45) is 0 Å². The Hall–Kier alpha value is -2.92. The summed E-state index contributed by atoms with van der Waals surface area (Å²) in [4.78, 5) is 12.0. The Kier molecular flexibility index (Phi) is 4.85. The molecule has 0 radical (unpaired) electrons. The maximum absolute atomic E-state index is 13.0. The van der Waals surface area contributed by atoms with Gasteiger partial charge in [-0.05, 0) is 36.4 Å². The maximum atomic E-state index is 13.0. The third-order valence-electron chi connectivity index (χ3n) is 2.96. The SMILES string of the molecule is N#Cc1ccc(NNC(=O)c2cc(O)ccc2Cl)c(C(F)(F)F)c1. The molecule has 2 rings (SSSR count). The predicted octanol–water partition coefficient (Wildman–Crippen LogP) is 3.69. The zero-order valence-electron chi connectivity index (χ0n) is 11.8. The van der Waals surface area contributed by atoms with Crippen LogP contribution in [-0.4, -0.2) is 11.0 Å². The third-order valence-corrected chi connectivity index (χ3v) is 3.29. The van der Waals surface area contributed by atoms with Crippen molar-refractivity contribution >= 4 is 23.2 Å². The molecule has 124 valence electrons. The lowest BCUT2D eigenvalue weighted by molar-refractivity contribution is -0.137. The van der Waals surface area contributed by atoms with E-state index in [4.69, 9.17) is 16.9 Å².